The van der Waals surface area contributed by atoms with Crippen LogP contribution in [0.1, 0.15) is 25.3 Å². The molecule has 0 fully saturated rings. The predicted molar refractivity (Wildman–Crippen MR) is 90.6 cm³/mol. The van der Waals surface area contributed by atoms with Crippen molar-refractivity contribution in [2.24, 2.45) is 4.40 Å². The van der Waals surface area contributed by atoms with Crippen LogP contribution >= 0.6 is 11.9 Å². The summed E-state index contributed by atoms with van der Waals surface area (Å²) < 4.78 is 10.3. The van der Waals surface area contributed by atoms with Crippen LogP contribution in [0, 0.1) is 0 Å². The van der Waals surface area contributed by atoms with Gasteiger partial charge in [0, 0.05) is 24.1 Å². The highest BCUT2D eigenvalue weighted by molar-refractivity contribution is 7.98. The van der Waals surface area contributed by atoms with Gasteiger partial charge in [-0.1, -0.05) is 25.5 Å². The van der Waals surface area contributed by atoms with Crippen LogP contribution in [0.2, 0.25) is 0 Å². The first-order valence-corrected chi connectivity index (χ1v) is 8.41. The monoisotopic (exact) mass is 300 g/mol. The second-order valence-electron chi connectivity index (χ2n) is 5.09. The van der Waals surface area contributed by atoms with Crippen molar-refractivity contribution in [2.75, 3.05) is 18.9 Å². The molecular weight excluding hydrogens is 280 g/mol. The molecule has 0 atom stereocenters. The predicted octanol–water partition coefficient (Wildman–Crippen LogP) is 4.14. The van der Waals surface area contributed by atoms with Gasteiger partial charge in [-0.3, -0.25) is 0 Å². The van der Waals surface area contributed by atoms with Gasteiger partial charge in [0.25, 0.3) is 0 Å². The Morgan fingerprint density at radius 1 is 1.29 bits per heavy atom. The van der Waals surface area contributed by atoms with E-state index in [1.54, 1.807) is 11.9 Å². The molecule has 3 nitrogen and oxygen atoms in total. The molecule has 2 aliphatic heterocycles. The van der Waals surface area contributed by atoms with E-state index >= 15 is 0 Å². The zero-order chi connectivity index (χ0) is 14.5. The third kappa shape index (κ3) is 3.32. The van der Waals surface area contributed by atoms with Crippen molar-refractivity contribution in [1.82, 2.24) is 4.90 Å². The van der Waals surface area contributed by atoms with E-state index in [0.29, 0.717) is 0 Å². The maximum atomic E-state index is 5.72. The summed E-state index contributed by atoms with van der Waals surface area (Å²) in [6.45, 7) is 3.98. The van der Waals surface area contributed by atoms with Gasteiger partial charge in [-0.15, -0.1) is 0 Å². The standard InChI is InChI=1S/C17H20N2OS/c1-2-3-12-20-15-8-6-14(7-9-15)16-5-4-10-19-11-13-21-18-17(16)19/h4-10H,2-3,11-13H2,1H3. The molecule has 110 valence electrons. The fourth-order valence-corrected chi connectivity index (χ4v) is 3.06. The number of benzene rings is 1. The Morgan fingerprint density at radius 2 is 2.14 bits per heavy atom. The fraction of sp³-hybridized carbons (Fsp3) is 0.353. The molecule has 0 aliphatic carbocycles. The van der Waals surface area contributed by atoms with E-state index < -0.39 is 0 Å². The molecule has 0 unspecified atom stereocenters. The molecule has 0 spiro atoms. The van der Waals surface area contributed by atoms with E-state index in [1.807, 2.05) is 12.1 Å². The lowest BCUT2D eigenvalue weighted by atomic mass is 10.0. The molecule has 0 bridgehead atoms. The van der Waals surface area contributed by atoms with Gasteiger partial charge in [0.05, 0.1) is 6.61 Å². The van der Waals surface area contributed by atoms with Crippen LogP contribution < -0.4 is 4.74 Å². The zero-order valence-corrected chi connectivity index (χ0v) is 13.1. The summed E-state index contributed by atoms with van der Waals surface area (Å²) in [6, 6.07) is 8.33. The molecule has 0 saturated carbocycles. The normalized spacial score (nSPS) is 17.1. The van der Waals surface area contributed by atoms with Crippen LogP contribution in [0.15, 0.2) is 47.0 Å². The fourth-order valence-electron chi connectivity index (χ4n) is 2.36. The maximum Gasteiger partial charge on any atom is 0.148 e. The van der Waals surface area contributed by atoms with E-state index in [0.717, 1.165) is 43.3 Å². The second-order valence-corrected chi connectivity index (χ2v) is 5.94. The number of rotatable bonds is 5. The van der Waals surface area contributed by atoms with Crippen molar-refractivity contribution in [3.05, 3.63) is 48.2 Å². The Bertz CT molecular complexity index is 575. The average Bonchev–Trinajstić information content (AvgIpc) is 2.55. The van der Waals surface area contributed by atoms with Crippen molar-refractivity contribution in [3.8, 4) is 5.75 Å². The zero-order valence-electron chi connectivity index (χ0n) is 12.3. The van der Waals surface area contributed by atoms with Gasteiger partial charge in [0.2, 0.25) is 0 Å². The molecule has 1 aromatic carbocycles. The van der Waals surface area contributed by atoms with Gasteiger partial charge in [0.1, 0.15) is 11.6 Å². The molecule has 0 N–H and O–H groups in total. The molecule has 21 heavy (non-hydrogen) atoms. The third-order valence-corrected chi connectivity index (χ3v) is 4.22. The highest BCUT2D eigenvalue weighted by atomic mass is 32.2. The van der Waals surface area contributed by atoms with Gasteiger partial charge in [-0.25, -0.2) is 0 Å². The van der Waals surface area contributed by atoms with E-state index in [9.17, 15) is 0 Å². The third-order valence-electron chi connectivity index (χ3n) is 3.55. The number of allylic oxidation sites excluding steroid dienone is 2. The lowest BCUT2D eigenvalue weighted by molar-refractivity contribution is 0.309. The molecule has 4 heteroatoms. The lowest BCUT2D eigenvalue weighted by Crippen LogP contribution is -2.32. The van der Waals surface area contributed by atoms with Crippen LogP contribution in [0.5, 0.6) is 5.75 Å². The molecule has 2 heterocycles. The first-order chi connectivity index (χ1) is 10.4. The van der Waals surface area contributed by atoms with Crippen molar-refractivity contribution >= 4 is 23.4 Å². The van der Waals surface area contributed by atoms with E-state index in [1.165, 1.54) is 11.1 Å². The topological polar surface area (TPSA) is 24.8 Å². The average molecular weight is 300 g/mol. The molecule has 0 amide bonds. The molecule has 1 aromatic rings. The van der Waals surface area contributed by atoms with E-state index in [-0.39, 0.29) is 0 Å². The highest BCUT2D eigenvalue weighted by Crippen LogP contribution is 2.28. The number of nitrogens with zero attached hydrogens (tertiary/aromatic N) is 2. The number of amidine groups is 1. The lowest BCUT2D eigenvalue weighted by Gasteiger charge is -2.29. The quantitative estimate of drug-likeness (QED) is 0.603. The molecular formula is C17H20N2OS. The SMILES string of the molecule is CCCCOc1ccc(C2=CC=CN3CCSN=C23)cc1. The van der Waals surface area contributed by atoms with Gasteiger partial charge < -0.3 is 9.64 Å². The minimum absolute atomic E-state index is 0.790. The summed E-state index contributed by atoms with van der Waals surface area (Å²) >= 11 is 1.64. The largest absolute Gasteiger partial charge is 0.494 e. The van der Waals surface area contributed by atoms with Crippen LogP contribution in [-0.2, 0) is 0 Å². The van der Waals surface area contributed by atoms with Crippen molar-refractivity contribution in [3.63, 3.8) is 0 Å². The first kappa shape index (κ1) is 14.3. The summed E-state index contributed by atoms with van der Waals surface area (Å²) in [5.41, 5.74) is 2.37. The molecule has 0 saturated heterocycles. The maximum absolute atomic E-state index is 5.72. The Labute approximate surface area is 130 Å². The summed E-state index contributed by atoms with van der Waals surface area (Å²) in [5.74, 6) is 3.05. The molecule has 2 aliphatic rings. The Balaban J connectivity index is 1.76. The van der Waals surface area contributed by atoms with E-state index in [2.05, 4.69) is 46.7 Å². The molecule has 0 aromatic heterocycles. The molecule has 0 radical (unpaired) electrons. The van der Waals surface area contributed by atoms with Crippen LogP contribution in [-0.4, -0.2) is 29.6 Å². The Kier molecular flexibility index (Phi) is 4.65. The van der Waals surface area contributed by atoms with Crippen molar-refractivity contribution in [2.45, 2.75) is 19.8 Å². The van der Waals surface area contributed by atoms with Crippen molar-refractivity contribution < 1.29 is 4.74 Å². The summed E-state index contributed by atoms with van der Waals surface area (Å²) in [5, 5.41) is 0. The van der Waals surface area contributed by atoms with Crippen LogP contribution in [0.25, 0.3) is 5.57 Å². The summed E-state index contributed by atoms with van der Waals surface area (Å²) in [6.07, 6.45) is 8.58. The minimum Gasteiger partial charge on any atom is -0.494 e. The van der Waals surface area contributed by atoms with Gasteiger partial charge in [0.15, 0.2) is 0 Å². The number of fused-ring (bicyclic) bond motifs is 1. The number of hydrogen-bond acceptors (Lipinski definition) is 4. The van der Waals surface area contributed by atoms with Gasteiger partial charge >= 0.3 is 0 Å². The Hall–Kier alpha value is -1.68. The van der Waals surface area contributed by atoms with Gasteiger partial charge in [-0.05, 0) is 48.2 Å². The first-order valence-electron chi connectivity index (χ1n) is 7.47. The second kappa shape index (κ2) is 6.85. The Morgan fingerprint density at radius 3 is 2.95 bits per heavy atom. The van der Waals surface area contributed by atoms with E-state index in [4.69, 9.17) is 4.74 Å². The van der Waals surface area contributed by atoms with Crippen LogP contribution in [0.3, 0.4) is 0 Å². The summed E-state index contributed by atoms with van der Waals surface area (Å²) in [7, 11) is 0. The van der Waals surface area contributed by atoms with Crippen molar-refractivity contribution in [1.29, 1.82) is 0 Å². The number of unbranched alkanes of at least 4 members (excludes halogenated alkanes) is 1. The smallest absolute Gasteiger partial charge is 0.148 e. The number of hydrogen-bond donors (Lipinski definition) is 0. The summed E-state index contributed by atoms with van der Waals surface area (Å²) in [4.78, 5) is 2.22. The highest BCUT2D eigenvalue weighted by Gasteiger charge is 2.21. The molecule has 3 rings (SSSR count). The van der Waals surface area contributed by atoms with Gasteiger partial charge in [-0.2, -0.15) is 4.40 Å². The number of ether oxygens (including phenoxy) is 1. The minimum atomic E-state index is 0.790. The van der Waals surface area contributed by atoms with Crippen LogP contribution in [0.4, 0.5) is 0 Å².